The fourth-order valence-electron chi connectivity index (χ4n) is 2.92. The number of likely N-dealkylation sites (tertiary alicyclic amines) is 1. The van der Waals surface area contributed by atoms with E-state index in [1.54, 1.807) is 7.11 Å². The number of ether oxygens (including phenoxy) is 1. The molecular formula is C18H26N2O3. The van der Waals surface area contributed by atoms with Gasteiger partial charge in [-0.15, -0.1) is 0 Å². The molecule has 1 aliphatic heterocycles. The molecule has 0 saturated carbocycles. The predicted octanol–water partition coefficient (Wildman–Crippen LogP) is 1.54. The van der Waals surface area contributed by atoms with Crippen LogP contribution in [-0.2, 0) is 20.7 Å². The highest BCUT2D eigenvalue weighted by Gasteiger charge is 2.27. The van der Waals surface area contributed by atoms with Crippen molar-refractivity contribution in [2.45, 2.75) is 26.2 Å². The van der Waals surface area contributed by atoms with Gasteiger partial charge in [-0.1, -0.05) is 29.8 Å². The molecule has 1 aromatic carbocycles. The third-order valence-corrected chi connectivity index (χ3v) is 4.26. The highest BCUT2D eigenvalue weighted by molar-refractivity contribution is 5.81. The molecule has 23 heavy (non-hydrogen) atoms. The SMILES string of the molecule is COCCNC(=O)C1CCN(C(=O)Cc2cccc(C)c2)CC1. The molecule has 0 atom stereocenters. The van der Waals surface area contributed by atoms with Gasteiger partial charge in [-0.2, -0.15) is 0 Å². The molecule has 2 amide bonds. The molecule has 5 heteroatoms. The summed E-state index contributed by atoms with van der Waals surface area (Å²) in [6.07, 6.45) is 1.91. The topological polar surface area (TPSA) is 58.6 Å². The molecule has 5 nitrogen and oxygen atoms in total. The number of nitrogens with zero attached hydrogens (tertiary/aromatic N) is 1. The van der Waals surface area contributed by atoms with Crippen molar-refractivity contribution in [1.29, 1.82) is 0 Å². The summed E-state index contributed by atoms with van der Waals surface area (Å²) < 4.78 is 4.93. The quantitative estimate of drug-likeness (QED) is 0.810. The van der Waals surface area contributed by atoms with Gasteiger partial charge in [-0.3, -0.25) is 9.59 Å². The van der Waals surface area contributed by atoms with Crippen LogP contribution in [-0.4, -0.2) is 50.1 Å². The Kier molecular flexibility index (Phi) is 6.59. The average molecular weight is 318 g/mol. The molecule has 1 N–H and O–H groups in total. The first-order chi connectivity index (χ1) is 11.1. The second-order valence-corrected chi connectivity index (χ2v) is 6.10. The first kappa shape index (κ1) is 17.5. The van der Waals surface area contributed by atoms with Crippen LogP contribution in [0.5, 0.6) is 0 Å². The molecule has 0 radical (unpaired) electrons. The smallest absolute Gasteiger partial charge is 0.226 e. The summed E-state index contributed by atoms with van der Waals surface area (Å²) in [5.74, 6) is 0.233. The molecule has 1 heterocycles. The van der Waals surface area contributed by atoms with Crippen molar-refractivity contribution < 1.29 is 14.3 Å². The van der Waals surface area contributed by atoms with Gasteiger partial charge in [0.05, 0.1) is 13.0 Å². The number of carbonyl (C=O) groups excluding carboxylic acids is 2. The minimum atomic E-state index is 0.00914. The summed E-state index contributed by atoms with van der Waals surface area (Å²) in [5.41, 5.74) is 2.22. The van der Waals surface area contributed by atoms with E-state index >= 15 is 0 Å². The maximum absolute atomic E-state index is 12.4. The molecular weight excluding hydrogens is 292 g/mol. The Morgan fingerprint density at radius 1 is 1.30 bits per heavy atom. The van der Waals surface area contributed by atoms with E-state index in [2.05, 4.69) is 5.32 Å². The molecule has 0 unspecified atom stereocenters. The Morgan fingerprint density at radius 2 is 2.04 bits per heavy atom. The van der Waals surface area contributed by atoms with Crippen molar-refractivity contribution in [2.75, 3.05) is 33.4 Å². The van der Waals surface area contributed by atoms with Gasteiger partial charge in [0, 0.05) is 32.7 Å². The van der Waals surface area contributed by atoms with Crippen molar-refractivity contribution in [1.82, 2.24) is 10.2 Å². The molecule has 0 spiro atoms. The van der Waals surface area contributed by atoms with Crippen molar-refractivity contribution in [2.24, 2.45) is 5.92 Å². The van der Waals surface area contributed by atoms with Crippen molar-refractivity contribution >= 4 is 11.8 Å². The molecule has 1 aromatic rings. The fraction of sp³-hybridized carbons (Fsp3) is 0.556. The molecule has 1 fully saturated rings. The van der Waals surface area contributed by atoms with Crippen LogP contribution >= 0.6 is 0 Å². The number of hydrogen-bond donors (Lipinski definition) is 1. The van der Waals surface area contributed by atoms with Gasteiger partial charge in [-0.25, -0.2) is 0 Å². The zero-order valence-electron chi connectivity index (χ0n) is 14.0. The maximum atomic E-state index is 12.4. The number of amides is 2. The Bertz CT molecular complexity index is 537. The summed E-state index contributed by atoms with van der Waals surface area (Å²) in [6, 6.07) is 8.05. The number of carbonyl (C=O) groups is 2. The Morgan fingerprint density at radius 3 is 2.70 bits per heavy atom. The lowest BCUT2D eigenvalue weighted by molar-refractivity contribution is -0.135. The zero-order chi connectivity index (χ0) is 16.7. The van der Waals surface area contributed by atoms with Crippen LogP contribution in [0.3, 0.4) is 0 Å². The number of nitrogens with one attached hydrogen (secondary N) is 1. The zero-order valence-corrected chi connectivity index (χ0v) is 14.0. The Balaban J connectivity index is 1.77. The van der Waals surface area contributed by atoms with Crippen LogP contribution < -0.4 is 5.32 Å². The van der Waals surface area contributed by atoms with Crippen LogP contribution in [0.1, 0.15) is 24.0 Å². The van der Waals surface area contributed by atoms with Gasteiger partial charge in [0.15, 0.2) is 0 Å². The van der Waals surface area contributed by atoms with Crippen molar-refractivity contribution in [3.63, 3.8) is 0 Å². The maximum Gasteiger partial charge on any atom is 0.226 e. The van der Waals surface area contributed by atoms with Gasteiger partial charge >= 0.3 is 0 Å². The molecule has 1 aliphatic rings. The first-order valence-electron chi connectivity index (χ1n) is 8.20. The highest BCUT2D eigenvalue weighted by Crippen LogP contribution is 2.18. The van der Waals surface area contributed by atoms with Gasteiger partial charge in [0.1, 0.15) is 0 Å². The van der Waals surface area contributed by atoms with Crippen LogP contribution in [0, 0.1) is 12.8 Å². The van der Waals surface area contributed by atoms with E-state index in [4.69, 9.17) is 4.74 Å². The number of aryl methyl sites for hydroxylation is 1. The lowest BCUT2D eigenvalue weighted by Gasteiger charge is -2.31. The lowest BCUT2D eigenvalue weighted by Crippen LogP contribution is -2.44. The normalized spacial score (nSPS) is 15.5. The summed E-state index contributed by atoms with van der Waals surface area (Å²) in [6.45, 7) is 4.42. The van der Waals surface area contributed by atoms with Gasteiger partial charge in [-0.05, 0) is 25.3 Å². The average Bonchev–Trinajstić information content (AvgIpc) is 2.55. The lowest BCUT2D eigenvalue weighted by atomic mass is 9.95. The number of piperidine rings is 1. The predicted molar refractivity (Wildman–Crippen MR) is 89.1 cm³/mol. The highest BCUT2D eigenvalue weighted by atomic mass is 16.5. The summed E-state index contributed by atoms with van der Waals surface area (Å²) in [7, 11) is 1.62. The second-order valence-electron chi connectivity index (χ2n) is 6.10. The standard InChI is InChI=1S/C18H26N2O3/c1-14-4-3-5-15(12-14)13-17(21)20-9-6-16(7-10-20)18(22)19-8-11-23-2/h3-5,12,16H,6-11,13H2,1-2H3,(H,19,22). The largest absolute Gasteiger partial charge is 0.383 e. The van der Waals surface area contributed by atoms with Crippen LogP contribution in [0.25, 0.3) is 0 Å². The molecule has 0 aromatic heterocycles. The second kappa shape index (κ2) is 8.67. The molecule has 1 saturated heterocycles. The number of benzene rings is 1. The van der Waals surface area contributed by atoms with Crippen LogP contribution in [0.15, 0.2) is 24.3 Å². The summed E-state index contributed by atoms with van der Waals surface area (Å²) in [4.78, 5) is 26.3. The summed E-state index contributed by atoms with van der Waals surface area (Å²) >= 11 is 0. The van der Waals surface area contributed by atoms with Crippen LogP contribution in [0.4, 0.5) is 0 Å². The Labute approximate surface area is 138 Å². The summed E-state index contributed by atoms with van der Waals surface area (Å²) in [5, 5.41) is 2.88. The van der Waals surface area contributed by atoms with Crippen LogP contribution in [0.2, 0.25) is 0 Å². The molecule has 0 bridgehead atoms. The molecule has 126 valence electrons. The molecule has 2 rings (SSSR count). The first-order valence-corrected chi connectivity index (χ1v) is 8.20. The van der Waals surface area contributed by atoms with E-state index in [0.29, 0.717) is 32.7 Å². The van der Waals surface area contributed by atoms with E-state index in [9.17, 15) is 9.59 Å². The number of methoxy groups -OCH3 is 1. The van der Waals surface area contributed by atoms with Crippen molar-refractivity contribution in [3.05, 3.63) is 35.4 Å². The van der Waals surface area contributed by atoms with Gasteiger partial charge in [0.2, 0.25) is 11.8 Å². The van der Waals surface area contributed by atoms with Crippen molar-refractivity contribution in [3.8, 4) is 0 Å². The minimum absolute atomic E-state index is 0.00914. The number of hydrogen-bond acceptors (Lipinski definition) is 3. The van der Waals surface area contributed by atoms with E-state index in [1.807, 2.05) is 36.1 Å². The van der Waals surface area contributed by atoms with Gasteiger partial charge in [0.25, 0.3) is 0 Å². The van der Waals surface area contributed by atoms with E-state index in [-0.39, 0.29) is 17.7 Å². The third kappa shape index (κ3) is 5.36. The third-order valence-electron chi connectivity index (χ3n) is 4.26. The van der Waals surface area contributed by atoms with E-state index in [1.165, 1.54) is 5.56 Å². The Hall–Kier alpha value is -1.88. The minimum Gasteiger partial charge on any atom is -0.383 e. The van der Waals surface area contributed by atoms with E-state index in [0.717, 1.165) is 18.4 Å². The number of rotatable bonds is 6. The monoisotopic (exact) mass is 318 g/mol. The molecule has 0 aliphatic carbocycles. The van der Waals surface area contributed by atoms with Gasteiger partial charge < -0.3 is 15.0 Å². The van der Waals surface area contributed by atoms with E-state index < -0.39 is 0 Å². The fourth-order valence-corrected chi connectivity index (χ4v) is 2.92.